The maximum atomic E-state index is 15.3. The maximum absolute atomic E-state index is 15.3. The fraction of sp³-hybridized carbons (Fsp3) is 0.280. The molecule has 6 rings (SSSR count). The van der Waals surface area contributed by atoms with Crippen molar-refractivity contribution < 1.29 is 18.0 Å². The van der Waals surface area contributed by atoms with Crippen LogP contribution in [0.3, 0.4) is 0 Å². The molecule has 0 bridgehead atoms. The number of fused-ring (bicyclic) bond motifs is 3. The number of anilines is 1. The highest BCUT2D eigenvalue weighted by atomic mass is 19.1. The zero-order valence-electron chi connectivity index (χ0n) is 19.0. The summed E-state index contributed by atoms with van der Waals surface area (Å²) >= 11 is 0. The minimum atomic E-state index is -0.571. The van der Waals surface area contributed by atoms with Crippen LogP contribution in [0, 0.1) is 5.82 Å². The van der Waals surface area contributed by atoms with Gasteiger partial charge in [-0.3, -0.25) is 4.57 Å². The van der Waals surface area contributed by atoms with Crippen molar-refractivity contribution in [1.82, 2.24) is 19.5 Å². The first kappa shape index (κ1) is 21.5. The second kappa shape index (κ2) is 8.62. The van der Waals surface area contributed by atoms with E-state index in [4.69, 9.17) is 13.6 Å². The number of aryl methyl sites for hydroxylation is 1. The minimum Gasteiger partial charge on any atom is -0.449 e. The van der Waals surface area contributed by atoms with E-state index in [1.54, 1.807) is 36.0 Å². The van der Waals surface area contributed by atoms with Crippen LogP contribution in [0.4, 0.5) is 10.2 Å². The van der Waals surface area contributed by atoms with Crippen LogP contribution in [0.1, 0.15) is 19.3 Å². The molecule has 5 heterocycles. The van der Waals surface area contributed by atoms with Crippen LogP contribution < -0.4 is 11.0 Å². The molecule has 1 atom stereocenters. The minimum absolute atomic E-state index is 0.0441. The Morgan fingerprint density at radius 3 is 2.83 bits per heavy atom. The monoisotopic (exact) mass is 475 g/mol. The van der Waals surface area contributed by atoms with Crippen LogP contribution in [0.25, 0.3) is 44.7 Å². The molecule has 35 heavy (non-hydrogen) atoms. The van der Waals surface area contributed by atoms with Gasteiger partial charge in [-0.05, 0) is 43.5 Å². The highest BCUT2D eigenvalue weighted by Gasteiger charge is 2.24. The SMILES string of the molecule is CNc1ccc(-c2nc(=O)n(CCC3CCCO3)c3c2oc2c(F)cc(-c4cnco4)cc23)cn1. The van der Waals surface area contributed by atoms with Gasteiger partial charge in [-0.2, -0.15) is 4.98 Å². The van der Waals surface area contributed by atoms with Crippen molar-refractivity contribution in [3.05, 3.63) is 59.4 Å². The summed E-state index contributed by atoms with van der Waals surface area (Å²) in [5, 5.41) is 3.42. The molecular weight excluding hydrogens is 453 g/mol. The van der Waals surface area contributed by atoms with Crippen molar-refractivity contribution in [2.24, 2.45) is 0 Å². The predicted octanol–water partition coefficient (Wildman–Crippen LogP) is 4.61. The molecule has 1 aromatic carbocycles. The summed E-state index contributed by atoms with van der Waals surface area (Å²) in [4.78, 5) is 25.9. The van der Waals surface area contributed by atoms with Crippen molar-refractivity contribution in [3.8, 4) is 22.6 Å². The third kappa shape index (κ3) is 3.75. The molecule has 1 unspecified atom stereocenters. The standard InChI is InChI=1S/C25H22FN5O4/c1-27-20-5-4-14(11-29-20)21-24-22(31(25(32)30-21)7-6-16-3-2-8-33-16)17-9-15(19-12-28-13-34-19)10-18(26)23(17)35-24/h4-5,9-13,16H,2-3,6-8H2,1H3,(H,27,29). The first-order chi connectivity index (χ1) is 17.1. The second-order valence-corrected chi connectivity index (χ2v) is 8.48. The molecule has 4 aromatic heterocycles. The zero-order valence-corrected chi connectivity index (χ0v) is 19.0. The second-order valence-electron chi connectivity index (χ2n) is 8.48. The summed E-state index contributed by atoms with van der Waals surface area (Å²) in [6.45, 7) is 1.09. The molecule has 1 saturated heterocycles. The van der Waals surface area contributed by atoms with Crippen LogP contribution in [0.2, 0.25) is 0 Å². The van der Waals surface area contributed by atoms with Crippen LogP contribution in [0.5, 0.6) is 0 Å². The van der Waals surface area contributed by atoms with Crippen molar-refractivity contribution in [2.45, 2.75) is 31.9 Å². The third-order valence-corrected chi connectivity index (χ3v) is 6.35. The number of benzene rings is 1. The lowest BCUT2D eigenvalue weighted by Gasteiger charge is -2.13. The summed E-state index contributed by atoms with van der Waals surface area (Å²) in [6.07, 6.45) is 7.07. The van der Waals surface area contributed by atoms with Crippen molar-refractivity contribution in [3.63, 3.8) is 0 Å². The van der Waals surface area contributed by atoms with Gasteiger partial charge in [-0.1, -0.05) is 0 Å². The number of halogens is 1. The molecule has 1 N–H and O–H groups in total. The molecular formula is C25H22FN5O4. The van der Waals surface area contributed by atoms with Crippen molar-refractivity contribution in [1.29, 1.82) is 0 Å². The van der Waals surface area contributed by atoms with Crippen LogP contribution in [-0.4, -0.2) is 39.3 Å². The first-order valence-corrected chi connectivity index (χ1v) is 11.4. The number of furan rings is 1. The van der Waals surface area contributed by atoms with Gasteiger partial charge in [-0.25, -0.2) is 19.2 Å². The van der Waals surface area contributed by atoms with E-state index in [9.17, 15) is 4.79 Å². The number of hydrogen-bond donors (Lipinski definition) is 1. The molecule has 0 spiro atoms. The van der Waals surface area contributed by atoms with Gasteiger partial charge in [0.1, 0.15) is 17.0 Å². The van der Waals surface area contributed by atoms with Gasteiger partial charge in [0.05, 0.1) is 12.3 Å². The lowest BCUT2D eigenvalue weighted by Crippen LogP contribution is -2.25. The molecule has 1 fully saturated rings. The molecule has 5 aromatic rings. The van der Waals surface area contributed by atoms with Crippen LogP contribution >= 0.6 is 0 Å². The van der Waals surface area contributed by atoms with Crippen LogP contribution in [0.15, 0.2) is 56.7 Å². The Morgan fingerprint density at radius 1 is 1.20 bits per heavy atom. The lowest BCUT2D eigenvalue weighted by molar-refractivity contribution is 0.100. The molecule has 1 aliphatic heterocycles. The largest absolute Gasteiger partial charge is 0.449 e. The first-order valence-electron chi connectivity index (χ1n) is 11.4. The Morgan fingerprint density at radius 2 is 2.11 bits per heavy atom. The third-order valence-electron chi connectivity index (χ3n) is 6.35. The van der Waals surface area contributed by atoms with E-state index in [1.165, 1.54) is 18.7 Å². The Kier molecular flexibility index (Phi) is 5.29. The molecule has 0 radical (unpaired) electrons. The number of nitrogens with one attached hydrogen (secondary N) is 1. The fourth-order valence-electron chi connectivity index (χ4n) is 4.61. The average Bonchev–Trinajstić information content (AvgIpc) is 3.65. The van der Waals surface area contributed by atoms with Gasteiger partial charge in [0.25, 0.3) is 0 Å². The number of ether oxygens (including phenoxy) is 1. The van der Waals surface area contributed by atoms with Gasteiger partial charge in [0, 0.05) is 42.9 Å². The number of nitrogens with zero attached hydrogens (tertiary/aromatic N) is 4. The van der Waals surface area contributed by atoms with Crippen molar-refractivity contribution in [2.75, 3.05) is 19.0 Å². The van der Waals surface area contributed by atoms with Gasteiger partial charge in [0.2, 0.25) is 0 Å². The molecule has 9 nitrogen and oxygen atoms in total. The van der Waals surface area contributed by atoms with E-state index in [1.807, 2.05) is 0 Å². The van der Waals surface area contributed by atoms with E-state index < -0.39 is 11.5 Å². The predicted molar refractivity (Wildman–Crippen MR) is 128 cm³/mol. The quantitative estimate of drug-likeness (QED) is 0.379. The Bertz CT molecular complexity index is 1570. The topological polar surface area (TPSA) is 108 Å². The number of aromatic nitrogens is 4. The summed E-state index contributed by atoms with van der Waals surface area (Å²) in [6, 6.07) is 6.65. The summed E-state index contributed by atoms with van der Waals surface area (Å²) in [7, 11) is 1.77. The number of oxazole rings is 1. The number of pyridine rings is 1. The average molecular weight is 475 g/mol. The van der Waals surface area contributed by atoms with Gasteiger partial charge >= 0.3 is 5.69 Å². The van der Waals surface area contributed by atoms with Gasteiger partial charge in [-0.15, -0.1) is 0 Å². The summed E-state index contributed by atoms with van der Waals surface area (Å²) < 4.78 is 34.0. The Hall–Kier alpha value is -4.05. The fourth-order valence-corrected chi connectivity index (χ4v) is 4.61. The van der Waals surface area contributed by atoms with E-state index in [-0.39, 0.29) is 11.7 Å². The Balaban J connectivity index is 1.60. The normalized spacial score (nSPS) is 15.9. The summed E-state index contributed by atoms with van der Waals surface area (Å²) in [5.41, 5.74) is 1.79. The molecule has 178 valence electrons. The highest BCUT2D eigenvalue weighted by molar-refractivity contribution is 6.08. The smallest absolute Gasteiger partial charge is 0.348 e. The highest BCUT2D eigenvalue weighted by Crippen LogP contribution is 2.37. The molecule has 0 aliphatic carbocycles. The van der Waals surface area contributed by atoms with Gasteiger partial charge < -0.3 is 18.9 Å². The number of rotatable bonds is 6. The van der Waals surface area contributed by atoms with E-state index >= 15 is 4.39 Å². The van der Waals surface area contributed by atoms with E-state index in [0.717, 1.165) is 19.4 Å². The van der Waals surface area contributed by atoms with E-state index in [2.05, 4.69) is 20.3 Å². The van der Waals surface area contributed by atoms with Crippen LogP contribution in [-0.2, 0) is 11.3 Å². The molecule has 0 amide bonds. The lowest BCUT2D eigenvalue weighted by atomic mass is 10.1. The number of hydrogen-bond acceptors (Lipinski definition) is 8. The molecule has 1 aliphatic rings. The van der Waals surface area contributed by atoms with Gasteiger partial charge in [0.15, 0.2) is 29.1 Å². The van der Waals surface area contributed by atoms with E-state index in [0.29, 0.717) is 57.9 Å². The molecule has 0 saturated carbocycles. The van der Waals surface area contributed by atoms with Crippen molar-refractivity contribution >= 4 is 27.9 Å². The zero-order chi connectivity index (χ0) is 23.9. The maximum Gasteiger partial charge on any atom is 0.348 e. The molecule has 10 heteroatoms. The summed E-state index contributed by atoms with van der Waals surface area (Å²) in [5.74, 6) is 0.509. The Labute approximate surface area is 198 Å².